The minimum Gasteiger partial charge on any atom is -0.497 e. The Kier molecular flexibility index (Phi) is 7.71. The lowest BCUT2D eigenvalue weighted by Gasteiger charge is -2.16. The van der Waals surface area contributed by atoms with Crippen LogP contribution in [-0.2, 0) is 17.9 Å². The van der Waals surface area contributed by atoms with E-state index in [4.69, 9.17) is 9.47 Å². The molecule has 0 heterocycles. The van der Waals surface area contributed by atoms with Crippen molar-refractivity contribution in [3.8, 4) is 11.5 Å². The molecule has 0 aliphatic rings. The van der Waals surface area contributed by atoms with Crippen LogP contribution in [0, 0.1) is 0 Å². The average Bonchev–Trinajstić information content (AvgIpc) is 2.66. The van der Waals surface area contributed by atoms with Gasteiger partial charge in [0.1, 0.15) is 18.1 Å². The van der Waals surface area contributed by atoms with Crippen molar-refractivity contribution in [2.45, 2.75) is 13.1 Å². The Balaban J connectivity index is 1.74. The molecule has 2 aromatic rings. The monoisotopic (exact) mass is 354 g/mol. The fourth-order valence-corrected chi connectivity index (χ4v) is 2.46. The average molecular weight is 354 g/mol. The van der Waals surface area contributed by atoms with Crippen LogP contribution >= 0.6 is 0 Å². The number of carbonyl (C=O) groups is 1. The van der Waals surface area contributed by atoms with Gasteiger partial charge in [-0.25, -0.2) is 0 Å². The number of nitrogens with one attached hydrogen (secondary N) is 1. The normalized spacial score (nSPS) is 10.4. The molecular weight excluding hydrogens is 328 g/mol. The van der Waals surface area contributed by atoms with E-state index in [0.717, 1.165) is 22.6 Å². The highest BCUT2D eigenvalue weighted by Gasteiger charge is 2.07. The van der Waals surface area contributed by atoms with Crippen LogP contribution in [0.1, 0.15) is 11.1 Å². The first-order valence-corrected chi connectivity index (χ1v) is 8.51. The number of amides is 1. The van der Waals surface area contributed by atoms with Crippen molar-refractivity contribution in [3.63, 3.8) is 0 Å². The van der Waals surface area contributed by atoms with E-state index in [-0.39, 0.29) is 5.91 Å². The second-order valence-corrected chi connectivity index (χ2v) is 6.04. The molecule has 0 saturated heterocycles. The molecule has 0 aliphatic heterocycles. The van der Waals surface area contributed by atoms with E-state index in [2.05, 4.69) is 11.9 Å². The first-order valence-electron chi connectivity index (χ1n) is 8.51. The number of methoxy groups -OCH3 is 1. The molecule has 0 aromatic heterocycles. The fourth-order valence-electron chi connectivity index (χ4n) is 2.46. The van der Waals surface area contributed by atoms with Crippen LogP contribution in [0.4, 0.5) is 0 Å². The third kappa shape index (κ3) is 6.61. The largest absolute Gasteiger partial charge is 0.497 e. The van der Waals surface area contributed by atoms with Gasteiger partial charge in [0.05, 0.1) is 13.7 Å². The lowest BCUT2D eigenvalue weighted by molar-refractivity contribution is -0.122. The third-order valence-corrected chi connectivity index (χ3v) is 3.81. The summed E-state index contributed by atoms with van der Waals surface area (Å²) in [5.41, 5.74) is 2.17. The number of benzene rings is 2. The standard InChI is InChI=1S/C21H26N2O3/c1-4-13-26-20-11-7-18(8-12-20)15-23(2)16-21(24)22-14-17-5-9-19(25-3)10-6-17/h4-12H,1,13-16H2,2-3H3,(H,22,24). The SMILES string of the molecule is C=CCOc1ccc(CN(C)CC(=O)NCc2ccc(OC)cc2)cc1. The van der Waals surface area contributed by atoms with Gasteiger partial charge in [-0.3, -0.25) is 9.69 Å². The number of rotatable bonds is 10. The molecule has 0 spiro atoms. The van der Waals surface area contributed by atoms with E-state index in [1.54, 1.807) is 13.2 Å². The molecule has 1 amide bonds. The first kappa shape index (κ1) is 19.5. The molecule has 0 bridgehead atoms. The Morgan fingerprint density at radius 1 is 1.08 bits per heavy atom. The van der Waals surface area contributed by atoms with Gasteiger partial charge in [0.25, 0.3) is 0 Å². The van der Waals surface area contributed by atoms with Gasteiger partial charge in [0.15, 0.2) is 0 Å². The maximum atomic E-state index is 12.1. The summed E-state index contributed by atoms with van der Waals surface area (Å²) in [5, 5.41) is 2.93. The number of likely N-dealkylation sites (N-methyl/N-ethyl adjacent to an activating group) is 1. The van der Waals surface area contributed by atoms with Crippen molar-refractivity contribution in [3.05, 3.63) is 72.3 Å². The first-order chi connectivity index (χ1) is 12.6. The van der Waals surface area contributed by atoms with Gasteiger partial charge in [-0.2, -0.15) is 0 Å². The quantitative estimate of drug-likeness (QED) is 0.667. The number of carbonyl (C=O) groups excluding carboxylic acids is 1. The molecule has 0 aliphatic carbocycles. The van der Waals surface area contributed by atoms with Crippen molar-refractivity contribution < 1.29 is 14.3 Å². The molecular formula is C21H26N2O3. The Bertz CT molecular complexity index is 696. The van der Waals surface area contributed by atoms with Crippen LogP contribution in [-0.4, -0.2) is 38.1 Å². The number of nitrogens with zero attached hydrogens (tertiary/aromatic N) is 1. The van der Waals surface area contributed by atoms with E-state index in [0.29, 0.717) is 26.2 Å². The van der Waals surface area contributed by atoms with Gasteiger partial charge in [0.2, 0.25) is 5.91 Å². The van der Waals surface area contributed by atoms with Gasteiger partial charge >= 0.3 is 0 Å². The fraction of sp³-hybridized carbons (Fsp3) is 0.286. The van der Waals surface area contributed by atoms with E-state index in [1.807, 2.05) is 60.5 Å². The highest BCUT2D eigenvalue weighted by Crippen LogP contribution is 2.13. The molecule has 2 aromatic carbocycles. The van der Waals surface area contributed by atoms with E-state index >= 15 is 0 Å². The zero-order valence-electron chi connectivity index (χ0n) is 15.4. The Morgan fingerprint density at radius 2 is 1.69 bits per heavy atom. The minimum atomic E-state index is -0.00532. The van der Waals surface area contributed by atoms with Crippen LogP contribution in [0.15, 0.2) is 61.2 Å². The smallest absolute Gasteiger partial charge is 0.234 e. The second kappa shape index (κ2) is 10.3. The van der Waals surface area contributed by atoms with Crippen molar-refractivity contribution in [1.29, 1.82) is 0 Å². The number of hydrogen-bond acceptors (Lipinski definition) is 4. The van der Waals surface area contributed by atoms with Gasteiger partial charge in [0, 0.05) is 13.1 Å². The molecule has 0 atom stereocenters. The van der Waals surface area contributed by atoms with Crippen LogP contribution in [0.3, 0.4) is 0 Å². The summed E-state index contributed by atoms with van der Waals surface area (Å²) in [4.78, 5) is 14.1. The summed E-state index contributed by atoms with van der Waals surface area (Å²) in [7, 11) is 3.56. The maximum absolute atomic E-state index is 12.1. The van der Waals surface area contributed by atoms with Crippen molar-refractivity contribution in [2.75, 3.05) is 27.3 Å². The van der Waals surface area contributed by atoms with Crippen LogP contribution in [0.25, 0.3) is 0 Å². The Hall–Kier alpha value is -2.79. The molecule has 5 heteroatoms. The predicted octanol–water partition coefficient (Wildman–Crippen LogP) is 3.01. The molecule has 2 rings (SSSR count). The van der Waals surface area contributed by atoms with Gasteiger partial charge in [-0.05, 0) is 42.4 Å². The Morgan fingerprint density at radius 3 is 2.31 bits per heavy atom. The van der Waals surface area contributed by atoms with Crippen LogP contribution < -0.4 is 14.8 Å². The van der Waals surface area contributed by atoms with Crippen molar-refractivity contribution in [1.82, 2.24) is 10.2 Å². The molecule has 0 unspecified atom stereocenters. The van der Waals surface area contributed by atoms with Crippen molar-refractivity contribution in [2.24, 2.45) is 0 Å². The zero-order valence-corrected chi connectivity index (χ0v) is 15.4. The summed E-state index contributed by atoms with van der Waals surface area (Å²) in [5.74, 6) is 1.61. The highest BCUT2D eigenvalue weighted by atomic mass is 16.5. The summed E-state index contributed by atoms with van der Waals surface area (Å²) in [6.45, 7) is 5.66. The van der Waals surface area contributed by atoms with Crippen LogP contribution in [0.2, 0.25) is 0 Å². The predicted molar refractivity (Wildman–Crippen MR) is 103 cm³/mol. The maximum Gasteiger partial charge on any atom is 0.234 e. The lowest BCUT2D eigenvalue weighted by atomic mass is 10.2. The molecule has 1 N–H and O–H groups in total. The Labute approximate surface area is 155 Å². The molecule has 0 radical (unpaired) electrons. The van der Waals surface area contributed by atoms with Crippen molar-refractivity contribution >= 4 is 5.91 Å². The number of ether oxygens (including phenoxy) is 2. The lowest BCUT2D eigenvalue weighted by Crippen LogP contribution is -2.34. The third-order valence-electron chi connectivity index (χ3n) is 3.81. The second-order valence-electron chi connectivity index (χ2n) is 6.04. The van der Waals surface area contributed by atoms with Gasteiger partial charge in [-0.15, -0.1) is 0 Å². The zero-order chi connectivity index (χ0) is 18.8. The summed E-state index contributed by atoms with van der Waals surface area (Å²) < 4.78 is 10.6. The molecule has 138 valence electrons. The molecule has 0 fully saturated rings. The molecule has 5 nitrogen and oxygen atoms in total. The summed E-state index contributed by atoms with van der Waals surface area (Å²) >= 11 is 0. The molecule has 26 heavy (non-hydrogen) atoms. The molecule has 0 saturated carbocycles. The summed E-state index contributed by atoms with van der Waals surface area (Å²) in [6.07, 6.45) is 1.71. The van der Waals surface area contributed by atoms with E-state index < -0.39 is 0 Å². The van der Waals surface area contributed by atoms with Gasteiger partial charge < -0.3 is 14.8 Å². The van der Waals surface area contributed by atoms with Crippen LogP contribution in [0.5, 0.6) is 11.5 Å². The van der Waals surface area contributed by atoms with E-state index in [9.17, 15) is 4.79 Å². The number of hydrogen-bond donors (Lipinski definition) is 1. The summed E-state index contributed by atoms with van der Waals surface area (Å²) in [6, 6.07) is 15.5. The van der Waals surface area contributed by atoms with Gasteiger partial charge in [-0.1, -0.05) is 36.9 Å². The topological polar surface area (TPSA) is 50.8 Å². The van der Waals surface area contributed by atoms with E-state index in [1.165, 1.54) is 0 Å². The minimum absolute atomic E-state index is 0.00532. The highest BCUT2D eigenvalue weighted by molar-refractivity contribution is 5.77.